The number of ether oxygens (including phenoxy) is 2. The Kier molecular flexibility index (Phi) is 34.1. The molecule has 0 unspecified atom stereocenters. The van der Waals surface area contributed by atoms with Crippen molar-refractivity contribution >= 4 is 5.97 Å². The summed E-state index contributed by atoms with van der Waals surface area (Å²) in [4.78, 5) is 11.9. The zero-order valence-corrected chi connectivity index (χ0v) is 26.8. The highest BCUT2D eigenvalue weighted by atomic mass is 16.6. The Labute approximate surface area is 245 Å². The molecule has 0 bridgehead atoms. The first kappa shape index (κ1) is 38.0. The van der Waals surface area contributed by atoms with Crippen LogP contribution in [0.5, 0.6) is 0 Å². The normalized spacial score (nSPS) is 11.4. The Balaban J connectivity index is 3.20. The van der Waals surface area contributed by atoms with E-state index in [1.165, 1.54) is 161 Å². The van der Waals surface area contributed by atoms with Gasteiger partial charge in [-0.15, -0.1) is 0 Å². The molecule has 0 amide bonds. The average molecular weight is 551 g/mol. The maximum absolute atomic E-state index is 11.9. The van der Waals surface area contributed by atoms with Crippen LogP contribution in [-0.2, 0) is 14.3 Å². The zero-order valence-electron chi connectivity index (χ0n) is 26.8. The molecule has 0 aromatic carbocycles. The molecule has 0 fully saturated rings. The molecule has 0 aliphatic rings. The molecule has 0 N–H and O–H groups in total. The first-order valence-electron chi connectivity index (χ1n) is 17.7. The third kappa shape index (κ3) is 35.0. The van der Waals surface area contributed by atoms with Gasteiger partial charge in [0.15, 0.2) is 0 Å². The Hall–Kier alpha value is -0.990. The van der Waals surface area contributed by atoms with Crippen LogP contribution in [0.3, 0.4) is 0 Å². The van der Waals surface area contributed by atoms with Crippen molar-refractivity contribution in [2.75, 3.05) is 13.2 Å². The monoisotopic (exact) mass is 551 g/mol. The fourth-order valence-electron chi connectivity index (χ4n) is 5.22. The van der Waals surface area contributed by atoms with E-state index in [-0.39, 0.29) is 5.97 Å². The highest BCUT2D eigenvalue weighted by molar-refractivity contribution is 5.69. The van der Waals surface area contributed by atoms with Crippen molar-refractivity contribution in [2.45, 2.75) is 200 Å². The van der Waals surface area contributed by atoms with Crippen LogP contribution in [0.15, 0.2) is 12.3 Å². The van der Waals surface area contributed by atoms with Gasteiger partial charge >= 0.3 is 5.97 Å². The van der Waals surface area contributed by atoms with E-state index in [4.69, 9.17) is 9.47 Å². The Bertz CT molecular complexity index is 488. The molecule has 0 rings (SSSR count). The summed E-state index contributed by atoms with van der Waals surface area (Å²) in [5, 5.41) is 0. The van der Waals surface area contributed by atoms with E-state index in [0.717, 1.165) is 19.3 Å². The van der Waals surface area contributed by atoms with Crippen LogP contribution in [-0.4, -0.2) is 19.2 Å². The lowest BCUT2D eigenvalue weighted by molar-refractivity contribution is -0.144. The van der Waals surface area contributed by atoms with E-state index < -0.39 is 0 Å². The lowest BCUT2D eigenvalue weighted by Gasteiger charge is -2.05. The van der Waals surface area contributed by atoms with Crippen molar-refractivity contribution in [1.29, 1.82) is 0 Å². The van der Waals surface area contributed by atoms with Gasteiger partial charge in [-0.05, 0) is 25.3 Å². The molecule has 3 heteroatoms. The van der Waals surface area contributed by atoms with Gasteiger partial charge in [-0.3, -0.25) is 4.79 Å². The molecule has 0 aliphatic carbocycles. The summed E-state index contributed by atoms with van der Waals surface area (Å²) >= 11 is 0. The van der Waals surface area contributed by atoms with Gasteiger partial charge in [-0.1, -0.05) is 174 Å². The van der Waals surface area contributed by atoms with Gasteiger partial charge in [0, 0.05) is 6.42 Å². The van der Waals surface area contributed by atoms with E-state index in [2.05, 4.69) is 19.9 Å². The fourth-order valence-corrected chi connectivity index (χ4v) is 5.22. The standard InChI is InChI=1S/C36H70O3/c1-3-5-7-9-11-13-15-17-19-20-22-24-26-28-30-32-36(37)39-35-34-38-33-31-29-27-25-23-21-18-16-14-12-10-8-6-4-2/h31,33H,3-30,32,34-35H2,1-2H3. The second kappa shape index (κ2) is 35.0. The molecule has 0 radical (unpaired) electrons. The molecule has 0 spiro atoms. The first-order chi connectivity index (χ1) is 19.3. The lowest BCUT2D eigenvalue weighted by Crippen LogP contribution is -2.09. The lowest BCUT2D eigenvalue weighted by atomic mass is 10.0. The predicted molar refractivity (Wildman–Crippen MR) is 171 cm³/mol. The Morgan fingerprint density at radius 3 is 1.23 bits per heavy atom. The van der Waals surface area contributed by atoms with Crippen molar-refractivity contribution in [2.24, 2.45) is 0 Å². The van der Waals surface area contributed by atoms with Crippen molar-refractivity contribution in [3.63, 3.8) is 0 Å². The van der Waals surface area contributed by atoms with Gasteiger partial charge in [0.1, 0.15) is 13.2 Å². The van der Waals surface area contributed by atoms with Crippen molar-refractivity contribution in [1.82, 2.24) is 0 Å². The molecular weight excluding hydrogens is 480 g/mol. The highest BCUT2D eigenvalue weighted by Crippen LogP contribution is 2.14. The summed E-state index contributed by atoms with van der Waals surface area (Å²) in [6, 6.07) is 0. The molecule has 0 aromatic heterocycles. The first-order valence-corrected chi connectivity index (χ1v) is 17.7. The van der Waals surface area contributed by atoms with Crippen molar-refractivity contribution in [3.8, 4) is 0 Å². The second-order valence-corrected chi connectivity index (χ2v) is 11.8. The maximum Gasteiger partial charge on any atom is 0.305 e. The molecule has 0 aromatic rings. The SMILES string of the molecule is CCCCCCCCCCCCCCC=COCCOC(=O)CCCCCCCCCCCCCCCCC. The van der Waals surface area contributed by atoms with E-state index in [0.29, 0.717) is 19.6 Å². The highest BCUT2D eigenvalue weighted by Gasteiger charge is 2.02. The molecule has 0 saturated heterocycles. The smallest absolute Gasteiger partial charge is 0.305 e. The fraction of sp³-hybridized carbons (Fsp3) is 0.917. The van der Waals surface area contributed by atoms with E-state index in [9.17, 15) is 4.79 Å². The molecule has 232 valence electrons. The van der Waals surface area contributed by atoms with Crippen LogP contribution in [0.2, 0.25) is 0 Å². The molecule has 0 aliphatic heterocycles. The Morgan fingerprint density at radius 2 is 0.821 bits per heavy atom. The maximum atomic E-state index is 11.9. The Morgan fingerprint density at radius 1 is 0.462 bits per heavy atom. The molecule has 3 nitrogen and oxygen atoms in total. The molecule has 0 saturated carbocycles. The predicted octanol–water partition coefficient (Wildman–Crippen LogP) is 12.4. The number of hydrogen-bond donors (Lipinski definition) is 0. The van der Waals surface area contributed by atoms with Gasteiger partial charge < -0.3 is 9.47 Å². The van der Waals surface area contributed by atoms with E-state index >= 15 is 0 Å². The number of rotatable bonds is 33. The van der Waals surface area contributed by atoms with Crippen molar-refractivity contribution in [3.05, 3.63) is 12.3 Å². The third-order valence-electron chi connectivity index (χ3n) is 7.87. The number of hydrogen-bond acceptors (Lipinski definition) is 3. The van der Waals surface area contributed by atoms with Crippen LogP contribution >= 0.6 is 0 Å². The van der Waals surface area contributed by atoms with Gasteiger partial charge in [0.25, 0.3) is 0 Å². The summed E-state index contributed by atoms with van der Waals surface area (Å²) < 4.78 is 10.8. The minimum atomic E-state index is -0.0752. The number of carbonyl (C=O) groups excluding carboxylic acids is 1. The summed E-state index contributed by atoms with van der Waals surface area (Å²) in [5.74, 6) is -0.0752. The number of carbonyl (C=O) groups is 1. The molecule has 0 atom stereocenters. The third-order valence-corrected chi connectivity index (χ3v) is 7.87. The van der Waals surface area contributed by atoms with Crippen LogP contribution in [0.1, 0.15) is 200 Å². The topological polar surface area (TPSA) is 35.5 Å². The molecule has 0 heterocycles. The average Bonchev–Trinajstić information content (AvgIpc) is 2.94. The largest absolute Gasteiger partial charge is 0.498 e. The minimum absolute atomic E-state index is 0.0752. The van der Waals surface area contributed by atoms with Gasteiger partial charge in [-0.2, -0.15) is 0 Å². The van der Waals surface area contributed by atoms with Gasteiger partial charge in [-0.25, -0.2) is 0 Å². The summed E-state index contributed by atoms with van der Waals surface area (Å²) in [5.41, 5.74) is 0. The van der Waals surface area contributed by atoms with Gasteiger partial charge in [0.2, 0.25) is 0 Å². The zero-order chi connectivity index (χ0) is 28.3. The number of unbranched alkanes of at least 4 members (excludes halogenated alkanes) is 26. The minimum Gasteiger partial charge on any atom is -0.498 e. The van der Waals surface area contributed by atoms with Crippen LogP contribution < -0.4 is 0 Å². The quantitative estimate of drug-likeness (QED) is 0.0463. The van der Waals surface area contributed by atoms with Gasteiger partial charge in [0.05, 0.1) is 6.26 Å². The number of esters is 1. The van der Waals surface area contributed by atoms with Crippen LogP contribution in [0.25, 0.3) is 0 Å². The summed E-state index contributed by atoms with van der Waals surface area (Å²) in [7, 11) is 0. The van der Waals surface area contributed by atoms with Crippen molar-refractivity contribution < 1.29 is 14.3 Å². The summed E-state index contributed by atoms with van der Waals surface area (Å²) in [6.45, 7) is 5.39. The van der Waals surface area contributed by atoms with E-state index in [1.54, 1.807) is 6.26 Å². The van der Waals surface area contributed by atoms with Crippen LogP contribution in [0.4, 0.5) is 0 Å². The second-order valence-electron chi connectivity index (χ2n) is 11.8. The number of allylic oxidation sites excluding steroid dienone is 1. The molecular formula is C36H70O3. The molecule has 39 heavy (non-hydrogen) atoms. The van der Waals surface area contributed by atoms with Crippen LogP contribution in [0, 0.1) is 0 Å². The summed E-state index contributed by atoms with van der Waals surface area (Å²) in [6.07, 6.45) is 42.3. The van der Waals surface area contributed by atoms with E-state index in [1.807, 2.05) is 0 Å².